The Balaban J connectivity index is 1.79. The van der Waals surface area contributed by atoms with Crippen LogP contribution < -0.4 is 16.2 Å². The Morgan fingerprint density at radius 3 is 2.41 bits per heavy atom. The number of halogens is 1. The van der Waals surface area contributed by atoms with E-state index >= 15 is 0 Å². The first-order valence-electron chi connectivity index (χ1n) is 6.82. The van der Waals surface area contributed by atoms with Crippen molar-refractivity contribution >= 4 is 23.4 Å². The van der Waals surface area contributed by atoms with Gasteiger partial charge in [-0.2, -0.15) is 0 Å². The molecular formula is C16H14ClN3O2. The Kier molecular flexibility index (Phi) is 4.09. The predicted octanol–water partition coefficient (Wildman–Crippen LogP) is 1.81. The molecule has 1 saturated heterocycles. The molecule has 0 spiro atoms. The summed E-state index contributed by atoms with van der Waals surface area (Å²) in [6, 6.07) is 14.9. The highest BCUT2D eigenvalue weighted by Gasteiger charge is 2.36. The van der Waals surface area contributed by atoms with Crippen molar-refractivity contribution in [2.24, 2.45) is 0 Å². The molecule has 2 aromatic rings. The van der Waals surface area contributed by atoms with Crippen LogP contribution in [0.5, 0.6) is 0 Å². The van der Waals surface area contributed by atoms with Crippen molar-refractivity contribution in [3.63, 3.8) is 0 Å². The minimum Gasteiger partial charge on any atom is -0.338 e. The van der Waals surface area contributed by atoms with E-state index in [-0.39, 0.29) is 17.9 Å². The highest BCUT2D eigenvalue weighted by atomic mass is 35.5. The van der Waals surface area contributed by atoms with Gasteiger partial charge in [-0.05, 0) is 29.8 Å². The van der Waals surface area contributed by atoms with E-state index in [1.807, 2.05) is 18.2 Å². The number of carbonyl (C=O) groups excluding carboxylic acids is 2. The van der Waals surface area contributed by atoms with Gasteiger partial charge in [0.1, 0.15) is 6.04 Å². The third-order valence-electron chi connectivity index (χ3n) is 3.52. The van der Waals surface area contributed by atoms with Gasteiger partial charge in [0.25, 0.3) is 11.8 Å². The Labute approximate surface area is 132 Å². The molecule has 1 aliphatic heterocycles. The number of benzene rings is 2. The molecule has 22 heavy (non-hydrogen) atoms. The molecule has 1 fully saturated rings. The second-order valence-corrected chi connectivity index (χ2v) is 5.42. The summed E-state index contributed by atoms with van der Waals surface area (Å²) in [4.78, 5) is 24.2. The molecule has 0 aliphatic carbocycles. The molecule has 2 atom stereocenters. The van der Waals surface area contributed by atoms with Crippen molar-refractivity contribution in [2.45, 2.75) is 12.1 Å². The molecule has 0 saturated carbocycles. The third kappa shape index (κ3) is 2.95. The molecule has 0 aromatic heterocycles. The van der Waals surface area contributed by atoms with Crippen molar-refractivity contribution < 1.29 is 9.59 Å². The first kappa shape index (κ1) is 14.6. The maximum absolute atomic E-state index is 12.2. The van der Waals surface area contributed by atoms with Crippen LogP contribution in [0.4, 0.5) is 0 Å². The maximum atomic E-state index is 12.2. The van der Waals surface area contributed by atoms with E-state index in [4.69, 9.17) is 11.6 Å². The van der Waals surface area contributed by atoms with E-state index in [2.05, 4.69) is 16.2 Å². The van der Waals surface area contributed by atoms with E-state index in [0.717, 1.165) is 5.56 Å². The van der Waals surface area contributed by atoms with E-state index in [1.165, 1.54) is 0 Å². The smallest absolute Gasteiger partial charge is 0.258 e. The van der Waals surface area contributed by atoms with Crippen LogP contribution in [-0.4, -0.2) is 17.9 Å². The van der Waals surface area contributed by atoms with Gasteiger partial charge in [0, 0.05) is 10.6 Å². The maximum Gasteiger partial charge on any atom is 0.258 e. The summed E-state index contributed by atoms with van der Waals surface area (Å²) < 4.78 is 0. The summed E-state index contributed by atoms with van der Waals surface area (Å²) in [6.45, 7) is 0. The molecule has 1 aliphatic rings. The average molecular weight is 316 g/mol. The molecule has 2 aromatic carbocycles. The number of hydrogen-bond acceptors (Lipinski definition) is 3. The molecule has 0 bridgehead atoms. The Hall–Kier alpha value is -2.37. The predicted molar refractivity (Wildman–Crippen MR) is 83.2 cm³/mol. The highest BCUT2D eigenvalue weighted by molar-refractivity contribution is 6.30. The zero-order valence-corrected chi connectivity index (χ0v) is 12.3. The third-order valence-corrected chi connectivity index (χ3v) is 3.77. The standard InChI is InChI=1S/C16H14ClN3O2/c17-12-8-6-10(7-9-12)13-14(16(22)20-19-13)18-15(21)11-4-2-1-3-5-11/h1-9,13-14,19H,(H,18,21)(H,20,22)/t13-,14-/m1/s1. The Morgan fingerprint density at radius 2 is 1.73 bits per heavy atom. The zero-order chi connectivity index (χ0) is 15.5. The lowest BCUT2D eigenvalue weighted by molar-refractivity contribution is -0.121. The second kappa shape index (κ2) is 6.17. The minimum absolute atomic E-state index is 0.274. The van der Waals surface area contributed by atoms with Crippen LogP contribution in [0.25, 0.3) is 0 Å². The van der Waals surface area contributed by atoms with Crippen LogP contribution in [0.3, 0.4) is 0 Å². The average Bonchev–Trinajstić information content (AvgIpc) is 2.90. The van der Waals surface area contributed by atoms with Crippen molar-refractivity contribution in [1.82, 2.24) is 16.2 Å². The lowest BCUT2D eigenvalue weighted by atomic mass is 10.0. The van der Waals surface area contributed by atoms with Crippen LogP contribution in [-0.2, 0) is 4.79 Å². The van der Waals surface area contributed by atoms with Gasteiger partial charge in [-0.1, -0.05) is 41.9 Å². The van der Waals surface area contributed by atoms with Gasteiger partial charge in [0.15, 0.2) is 0 Å². The van der Waals surface area contributed by atoms with Crippen molar-refractivity contribution in [1.29, 1.82) is 0 Å². The van der Waals surface area contributed by atoms with E-state index in [9.17, 15) is 9.59 Å². The van der Waals surface area contributed by atoms with Gasteiger partial charge in [-0.3, -0.25) is 15.0 Å². The minimum atomic E-state index is -0.686. The molecule has 112 valence electrons. The fourth-order valence-electron chi connectivity index (χ4n) is 2.37. The number of amides is 2. The van der Waals surface area contributed by atoms with Crippen molar-refractivity contribution in [2.75, 3.05) is 0 Å². The Morgan fingerprint density at radius 1 is 1.05 bits per heavy atom. The van der Waals surface area contributed by atoms with Crippen LogP contribution in [0.2, 0.25) is 5.02 Å². The molecule has 0 unspecified atom stereocenters. The number of nitrogens with one attached hydrogen (secondary N) is 3. The number of carbonyl (C=O) groups is 2. The van der Waals surface area contributed by atoms with Crippen LogP contribution >= 0.6 is 11.6 Å². The van der Waals surface area contributed by atoms with Crippen molar-refractivity contribution in [3.05, 3.63) is 70.7 Å². The van der Waals surface area contributed by atoms with E-state index in [0.29, 0.717) is 10.6 Å². The van der Waals surface area contributed by atoms with Crippen LogP contribution in [0, 0.1) is 0 Å². The molecule has 0 radical (unpaired) electrons. The topological polar surface area (TPSA) is 70.2 Å². The van der Waals surface area contributed by atoms with E-state index < -0.39 is 6.04 Å². The van der Waals surface area contributed by atoms with Gasteiger partial charge in [0.2, 0.25) is 0 Å². The van der Waals surface area contributed by atoms with Gasteiger partial charge in [0.05, 0.1) is 6.04 Å². The first-order chi connectivity index (χ1) is 10.6. The summed E-state index contributed by atoms with van der Waals surface area (Å²) in [5.41, 5.74) is 6.82. The van der Waals surface area contributed by atoms with Crippen LogP contribution in [0.1, 0.15) is 22.0 Å². The lowest BCUT2D eigenvalue weighted by Crippen LogP contribution is -2.42. The van der Waals surface area contributed by atoms with Crippen molar-refractivity contribution in [3.8, 4) is 0 Å². The molecule has 3 N–H and O–H groups in total. The highest BCUT2D eigenvalue weighted by Crippen LogP contribution is 2.22. The quantitative estimate of drug-likeness (QED) is 0.809. The number of hydrogen-bond donors (Lipinski definition) is 3. The summed E-state index contributed by atoms with van der Waals surface area (Å²) in [5, 5.41) is 3.38. The number of rotatable bonds is 3. The summed E-state index contributed by atoms with van der Waals surface area (Å²) in [5.74, 6) is -0.562. The molecule has 3 rings (SSSR count). The van der Waals surface area contributed by atoms with Gasteiger partial charge in [-0.25, -0.2) is 5.43 Å². The fraction of sp³-hybridized carbons (Fsp3) is 0.125. The SMILES string of the molecule is O=C(N[C@H]1C(=O)NN[C@@H]1c1ccc(Cl)cc1)c1ccccc1. The van der Waals surface area contributed by atoms with E-state index in [1.54, 1.807) is 36.4 Å². The molecule has 1 heterocycles. The number of hydrazine groups is 1. The molecular weight excluding hydrogens is 302 g/mol. The molecule has 5 nitrogen and oxygen atoms in total. The van der Waals surface area contributed by atoms with Crippen LogP contribution in [0.15, 0.2) is 54.6 Å². The Bertz CT molecular complexity index is 688. The summed E-state index contributed by atoms with van der Waals surface area (Å²) in [7, 11) is 0. The first-order valence-corrected chi connectivity index (χ1v) is 7.20. The zero-order valence-electron chi connectivity index (χ0n) is 11.5. The second-order valence-electron chi connectivity index (χ2n) is 4.98. The van der Waals surface area contributed by atoms with Gasteiger partial charge < -0.3 is 5.32 Å². The van der Waals surface area contributed by atoms with Gasteiger partial charge >= 0.3 is 0 Å². The molecule has 6 heteroatoms. The molecule has 2 amide bonds. The normalized spacial score (nSPS) is 20.5. The lowest BCUT2D eigenvalue weighted by Gasteiger charge is -2.18. The largest absolute Gasteiger partial charge is 0.338 e. The van der Waals surface area contributed by atoms with Gasteiger partial charge in [-0.15, -0.1) is 0 Å². The summed E-state index contributed by atoms with van der Waals surface area (Å²) >= 11 is 5.88. The summed E-state index contributed by atoms with van der Waals surface area (Å²) in [6.07, 6.45) is 0. The monoisotopic (exact) mass is 315 g/mol. The fourth-order valence-corrected chi connectivity index (χ4v) is 2.50.